The highest BCUT2D eigenvalue weighted by Crippen LogP contribution is 2.31. The first-order valence-corrected chi connectivity index (χ1v) is 12.0. The molecule has 0 bridgehead atoms. The van der Waals surface area contributed by atoms with E-state index in [9.17, 15) is 8.42 Å². The van der Waals surface area contributed by atoms with Crippen LogP contribution in [-0.2, 0) is 16.4 Å². The molecule has 0 spiro atoms. The molecule has 0 radical (unpaired) electrons. The maximum absolute atomic E-state index is 13.2. The highest BCUT2D eigenvalue weighted by molar-refractivity contribution is 7.89. The molecule has 1 aromatic carbocycles. The van der Waals surface area contributed by atoms with Gasteiger partial charge >= 0.3 is 0 Å². The molecule has 1 N–H and O–H groups in total. The van der Waals surface area contributed by atoms with E-state index in [4.69, 9.17) is 4.74 Å². The van der Waals surface area contributed by atoms with Crippen LogP contribution in [-0.4, -0.2) is 41.3 Å². The molecule has 31 heavy (non-hydrogen) atoms. The van der Waals surface area contributed by atoms with E-state index in [2.05, 4.69) is 19.9 Å². The summed E-state index contributed by atoms with van der Waals surface area (Å²) < 4.78 is 36.7. The Morgan fingerprint density at radius 2 is 1.94 bits per heavy atom. The van der Waals surface area contributed by atoms with Gasteiger partial charge in [0, 0.05) is 23.8 Å². The van der Waals surface area contributed by atoms with Gasteiger partial charge in [-0.2, -0.15) is 0 Å². The van der Waals surface area contributed by atoms with Gasteiger partial charge in [0.1, 0.15) is 18.4 Å². The molecule has 3 aromatic rings. The number of hydrogen-bond acceptors (Lipinski definition) is 6. The largest absolute Gasteiger partial charge is 0.495 e. The lowest BCUT2D eigenvalue weighted by atomic mass is 9.91. The topological polar surface area (TPSA) is 99.0 Å². The van der Waals surface area contributed by atoms with Crippen molar-refractivity contribution in [1.82, 2.24) is 24.5 Å². The van der Waals surface area contributed by atoms with Crippen LogP contribution in [0, 0.1) is 0 Å². The van der Waals surface area contributed by atoms with Gasteiger partial charge in [-0.1, -0.05) is 13.0 Å². The Morgan fingerprint density at radius 1 is 1.13 bits per heavy atom. The molecule has 1 aliphatic rings. The van der Waals surface area contributed by atoms with E-state index < -0.39 is 10.0 Å². The Morgan fingerprint density at radius 3 is 2.68 bits per heavy atom. The van der Waals surface area contributed by atoms with E-state index in [1.165, 1.54) is 0 Å². The normalized spacial score (nSPS) is 19.3. The van der Waals surface area contributed by atoms with Crippen molar-refractivity contribution >= 4 is 10.0 Å². The van der Waals surface area contributed by atoms with Crippen molar-refractivity contribution in [3.05, 3.63) is 54.9 Å². The van der Waals surface area contributed by atoms with Crippen LogP contribution >= 0.6 is 0 Å². The van der Waals surface area contributed by atoms with E-state index >= 15 is 0 Å². The SMILES string of the molecule is CCc1cc(-c2cncc(OC)c2)ccc1S(=O)(=O)N[C@H]1CCC[C@@H](n2cnnc2)C1. The molecule has 2 aromatic heterocycles. The summed E-state index contributed by atoms with van der Waals surface area (Å²) in [4.78, 5) is 4.53. The van der Waals surface area contributed by atoms with Crippen LogP contribution in [0.1, 0.15) is 44.2 Å². The summed E-state index contributed by atoms with van der Waals surface area (Å²) in [6, 6.07) is 7.43. The van der Waals surface area contributed by atoms with Gasteiger partial charge in [0.25, 0.3) is 0 Å². The number of rotatable bonds is 7. The molecule has 0 aliphatic heterocycles. The van der Waals surface area contributed by atoms with Crippen LogP contribution < -0.4 is 9.46 Å². The third kappa shape index (κ3) is 4.77. The number of methoxy groups -OCH3 is 1. The minimum atomic E-state index is -3.64. The van der Waals surface area contributed by atoms with Gasteiger partial charge < -0.3 is 9.30 Å². The molecule has 0 unspecified atom stereocenters. The Labute approximate surface area is 182 Å². The summed E-state index contributed by atoms with van der Waals surface area (Å²) in [6.45, 7) is 1.96. The molecule has 8 nitrogen and oxygen atoms in total. The first-order chi connectivity index (χ1) is 15.0. The molecule has 0 amide bonds. The maximum atomic E-state index is 13.2. The van der Waals surface area contributed by atoms with Crippen LogP contribution in [0.5, 0.6) is 5.75 Å². The lowest BCUT2D eigenvalue weighted by Crippen LogP contribution is -2.39. The average Bonchev–Trinajstić information content (AvgIpc) is 3.33. The summed E-state index contributed by atoms with van der Waals surface area (Å²) in [5.74, 6) is 0.661. The summed E-state index contributed by atoms with van der Waals surface area (Å²) in [5, 5.41) is 7.75. The van der Waals surface area contributed by atoms with Crippen LogP contribution in [0.2, 0.25) is 0 Å². The number of sulfonamides is 1. The molecule has 2 atom stereocenters. The zero-order chi connectivity index (χ0) is 21.8. The van der Waals surface area contributed by atoms with Gasteiger partial charge in [-0.25, -0.2) is 13.1 Å². The van der Waals surface area contributed by atoms with Crippen LogP contribution in [0.15, 0.2) is 54.2 Å². The van der Waals surface area contributed by atoms with Gasteiger partial charge in [-0.3, -0.25) is 4.98 Å². The number of aromatic nitrogens is 4. The highest BCUT2D eigenvalue weighted by Gasteiger charge is 2.28. The minimum Gasteiger partial charge on any atom is -0.495 e. The molecule has 1 fully saturated rings. The van der Waals surface area contributed by atoms with Crippen LogP contribution in [0.4, 0.5) is 0 Å². The third-order valence-electron chi connectivity index (χ3n) is 5.84. The number of aryl methyl sites for hydroxylation is 1. The van der Waals surface area contributed by atoms with Gasteiger partial charge in [-0.15, -0.1) is 10.2 Å². The number of benzene rings is 1. The van der Waals surface area contributed by atoms with Crippen molar-refractivity contribution in [3.63, 3.8) is 0 Å². The number of nitrogens with one attached hydrogen (secondary N) is 1. The van der Waals surface area contributed by atoms with E-state index in [0.29, 0.717) is 17.1 Å². The van der Waals surface area contributed by atoms with Crippen molar-refractivity contribution in [2.24, 2.45) is 0 Å². The summed E-state index contributed by atoms with van der Waals surface area (Å²) >= 11 is 0. The summed E-state index contributed by atoms with van der Waals surface area (Å²) in [7, 11) is -2.04. The molecule has 9 heteroatoms. The molecule has 0 saturated heterocycles. The average molecular weight is 442 g/mol. The van der Waals surface area contributed by atoms with Crippen LogP contribution in [0.25, 0.3) is 11.1 Å². The smallest absolute Gasteiger partial charge is 0.241 e. The minimum absolute atomic E-state index is 0.113. The lowest BCUT2D eigenvalue weighted by molar-refractivity contribution is 0.305. The number of hydrogen-bond donors (Lipinski definition) is 1. The Hall–Kier alpha value is -2.78. The number of pyridine rings is 1. The number of nitrogens with zero attached hydrogens (tertiary/aromatic N) is 4. The lowest BCUT2D eigenvalue weighted by Gasteiger charge is -2.30. The van der Waals surface area contributed by atoms with Crippen molar-refractivity contribution in [3.8, 4) is 16.9 Å². The van der Waals surface area contributed by atoms with E-state index in [1.807, 2.05) is 29.7 Å². The molecule has 2 heterocycles. The van der Waals surface area contributed by atoms with Gasteiger partial charge in [0.05, 0.1) is 18.2 Å². The fourth-order valence-corrected chi connectivity index (χ4v) is 5.78. The number of ether oxygens (including phenoxy) is 1. The Balaban J connectivity index is 1.56. The summed E-state index contributed by atoms with van der Waals surface area (Å²) in [5.41, 5.74) is 2.57. The van der Waals surface area contributed by atoms with Crippen molar-refractivity contribution in [1.29, 1.82) is 0 Å². The molecule has 1 saturated carbocycles. The second kappa shape index (κ2) is 9.15. The zero-order valence-electron chi connectivity index (χ0n) is 17.7. The molecular formula is C22H27N5O3S. The van der Waals surface area contributed by atoms with Gasteiger partial charge in [0.15, 0.2) is 0 Å². The quantitative estimate of drug-likeness (QED) is 0.604. The third-order valence-corrected chi connectivity index (χ3v) is 7.46. The van der Waals surface area contributed by atoms with Crippen molar-refractivity contribution in [2.75, 3.05) is 7.11 Å². The van der Waals surface area contributed by atoms with Crippen molar-refractivity contribution in [2.45, 2.75) is 56.0 Å². The monoisotopic (exact) mass is 441 g/mol. The fraction of sp³-hybridized carbons (Fsp3) is 0.409. The van der Waals surface area contributed by atoms with Crippen molar-refractivity contribution < 1.29 is 13.2 Å². The molecule has 1 aliphatic carbocycles. The van der Waals surface area contributed by atoms with Crippen LogP contribution in [0.3, 0.4) is 0 Å². The second-order valence-electron chi connectivity index (χ2n) is 7.84. The fourth-order valence-electron chi connectivity index (χ4n) is 4.21. The zero-order valence-corrected chi connectivity index (χ0v) is 18.5. The standard InChI is InChI=1S/C22H27N5O3S/c1-3-16-9-17(18-10-21(30-2)13-23-12-18)7-8-22(16)31(28,29)26-19-5-4-6-20(11-19)27-14-24-25-15-27/h7-10,12-15,19-20,26H,3-6,11H2,1-2H3/t19-,20+/m0/s1. The Bertz CT molecular complexity index is 1130. The first-order valence-electron chi connectivity index (χ1n) is 10.5. The van der Waals surface area contributed by atoms with Gasteiger partial charge in [0.2, 0.25) is 10.0 Å². The summed E-state index contributed by atoms with van der Waals surface area (Å²) in [6.07, 6.45) is 10.9. The first kappa shape index (κ1) is 21.5. The predicted molar refractivity (Wildman–Crippen MR) is 117 cm³/mol. The van der Waals surface area contributed by atoms with Gasteiger partial charge in [-0.05, 0) is 61.4 Å². The molecular weight excluding hydrogens is 414 g/mol. The van der Waals surface area contributed by atoms with E-state index in [-0.39, 0.29) is 12.1 Å². The second-order valence-corrected chi connectivity index (χ2v) is 9.52. The predicted octanol–water partition coefficient (Wildman–Crippen LogP) is 3.37. The Kier molecular flexibility index (Phi) is 6.33. The highest BCUT2D eigenvalue weighted by atomic mass is 32.2. The van der Waals surface area contributed by atoms with E-state index in [1.54, 1.807) is 38.2 Å². The maximum Gasteiger partial charge on any atom is 0.241 e. The molecule has 4 rings (SSSR count). The van der Waals surface area contributed by atoms with E-state index in [0.717, 1.165) is 42.4 Å². The molecule has 164 valence electrons.